The zero-order chi connectivity index (χ0) is 16.9. The SMILES string of the molecule is COc1ccccc1C(Cn1ccnc1)c1ccccc1C(=O)S. The second kappa shape index (κ2) is 7.36. The Labute approximate surface area is 146 Å². The van der Waals surface area contributed by atoms with E-state index in [9.17, 15) is 4.79 Å². The van der Waals surface area contributed by atoms with Crippen LogP contribution in [0, 0.1) is 0 Å². The maximum Gasteiger partial charge on any atom is 0.216 e. The molecule has 2 aromatic carbocycles. The Morgan fingerprint density at radius 3 is 2.54 bits per heavy atom. The molecule has 122 valence electrons. The second-order valence-electron chi connectivity index (χ2n) is 5.45. The molecule has 3 aromatic rings. The van der Waals surface area contributed by atoms with Crippen molar-refractivity contribution in [2.45, 2.75) is 12.5 Å². The third-order valence-corrected chi connectivity index (χ3v) is 4.27. The Bertz CT molecular complexity index is 831. The number of hydrogen-bond donors (Lipinski definition) is 1. The zero-order valence-corrected chi connectivity index (χ0v) is 14.2. The van der Waals surface area contributed by atoms with Crippen molar-refractivity contribution in [2.24, 2.45) is 0 Å². The first-order valence-electron chi connectivity index (χ1n) is 7.61. The lowest BCUT2D eigenvalue weighted by Crippen LogP contribution is -2.13. The van der Waals surface area contributed by atoms with E-state index in [2.05, 4.69) is 17.6 Å². The fourth-order valence-electron chi connectivity index (χ4n) is 2.92. The van der Waals surface area contributed by atoms with E-state index >= 15 is 0 Å². The van der Waals surface area contributed by atoms with E-state index in [1.54, 1.807) is 25.7 Å². The largest absolute Gasteiger partial charge is 0.496 e. The van der Waals surface area contributed by atoms with Gasteiger partial charge in [-0.3, -0.25) is 4.79 Å². The minimum atomic E-state index is -0.240. The summed E-state index contributed by atoms with van der Waals surface area (Å²) >= 11 is 4.04. The number of carbonyl (C=O) groups is 1. The maximum absolute atomic E-state index is 12.0. The molecule has 0 fully saturated rings. The van der Waals surface area contributed by atoms with Gasteiger partial charge in [0.2, 0.25) is 5.12 Å². The minimum Gasteiger partial charge on any atom is -0.496 e. The molecule has 1 atom stereocenters. The molecular weight excluding hydrogens is 320 g/mol. The molecule has 0 aliphatic heterocycles. The molecular formula is C19H18N2O2S. The van der Waals surface area contributed by atoms with E-state index in [-0.39, 0.29) is 11.0 Å². The van der Waals surface area contributed by atoms with Crippen molar-refractivity contribution in [2.75, 3.05) is 7.11 Å². The first-order valence-corrected chi connectivity index (χ1v) is 8.06. The number of aromatic nitrogens is 2. The average molecular weight is 338 g/mol. The first kappa shape index (κ1) is 16.3. The van der Waals surface area contributed by atoms with Gasteiger partial charge >= 0.3 is 0 Å². The fraction of sp³-hybridized carbons (Fsp3) is 0.158. The monoisotopic (exact) mass is 338 g/mol. The first-order chi connectivity index (χ1) is 11.7. The van der Waals surface area contributed by atoms with Crippen LogP contribution in [0.25, 0.3) is 0 Å². The van der Waals surface area contributed by atoms with Crippen LogP contribution in [-0.2, 0) is 6.54 Å². The van der Waals surface area contributed by atoms with Gasteiger partial charge in [-0.1, -0.05) is 42.5 Å². The van der Waals surface area contributed by atoms with E-state index in [4.69, 9.17) is 4.74 Å². The number of rotatable bonds is 6. The van der Waals surface area contributed by atoms with Crippen molar-refractivity contribution in [3.8, 4) is 5.75 Å². The lowest BCUT2D eigenvalue weighted by atomic mass is 9.87. The van der Waals surface area contributed by atoms with Gasteiger partial charge in [0.25, 0.3) is 0 Å². The summed E-state index contributed by atoms with van der Waals surface area (Å²) in [7, 11) is 1.66. The molecule has 1 heterocycles. The van der Waals surface area contributed by atoms with Crippen molar-refractivity contribution in [1.82, 2.24) is 9.55 Å². The van der Waals surface area contributed by atoms with E-state index in [1.165, 1.54) is 0 Å². The number of imidazole rings is 1. The van der Waals surface area contributed by atoms with E-state index in [0.29, 0.717) is 12.1 Å². The Hall–Kier alpha value is -2.53. The van der Waals surface area contributed by atoms with Gasteiger partial charge in [0, 0.05) is 36.0 Å². The number of para-hydroxylation sites is 1. The van der Waals surface area contributed by atoms with Gasteiger partial charge in [-0.05, 0) is 11.6 Å². The summed E-state index contributed by atoms with van der Waals surface area (Å²) in [4.78, 5) is 16.1. The molecule has 0 bridgehead atoms. The van der Waals surface area contributed by atoms with Crippen molar-refractivity contribution in [3.05, 3.63) is 83.9 Å². The summed E-state index contributed by atoms with van der Waals surface area (Å²) in [6.07, 6.45) is 5.43. The molecule has 0 N–H and O–H groups in total. The molecule has 0 saturated carbocycles. The molecule has 24 heavy (non-hydrogen) atoms. The number of benzene rings is 2. The molecule has 1 unspecified atom stereocenters. The van der Waals surface area contributed by atoms with E-state index in [1.807, 2.05) is 53.2 Å². The highest BCUT2D eigenvalue weighted by atomic mass is 32.1. The molecule has 0 spiro atoms. The lowest BCUT2D eigenvalue weighted by molar-refractivity contribution is 0.109. The number of ether oxygens (including phenoxy) is 1. The predicted molar refractivity (Wildman–Crippen MR) is 96.8 cm³/mol. The van der Waals surface area contributed by atoms with Gasteiger partial charge in [0.15, 0.2) is 0 Å². The molecule has 0 aliphatic carbocycles. The van der Waals surface area contributed by atoms with Gasteiger partial charge in [0.1, 0.15) is 5.75 Å². The number of carbonyl (C=O) groups excluding carboxylic acids is 1. The third kappa shape index (κ3) is 3.36. The highest BCUT2D eigenvalue weighted by molar-refractivity contribution is 7.97. The Morgan fingerprint density at radius 2 is 1.88 bits per heavy atom. The predicted octanol–water partition coefficient (Wildman–Crippen LogP) is 3.79. The van der Waals surface area contributed by atoms with Crippen LogP contribution in [0.1, 0.15) is 27.4 Å². The second-order valence-corrected chi connectivity index (χ2v) is 5.85. The van der Waals surface area contributed by atoms with Crippen LogP contribution < -0.4 is 4.74 Å². The van der Waals surface area contributed by atoms with Crippen LogP contribution in [0.4, 0.5) is 0 Å². The van der Waals surface area contributed by atoms with Gasteiger partial charge in [-0.2, -0.15) is 0 Å². The molecule has 0 amide bonds. The Morgan fingerprint density at radius 1 is 1.17 bits per heavy atom. The topological polar surface area (TPSA) is 44.1 Å². The smallest absolute Gasteiger partial charge is 0.216 e. The Kier molecular flexibility index (Phi) is 5.01. The molecule has 0 radical (unpaired) electrons. The average Bonchev–Trinajstić information content (AvgIpc) is 3.13. The van der Waals surface area contributed by atoms with Gasteiger partial charge in [-0.15, -0.1) is 12.6 Å². The highest BCUT2D eigenvalue weighted by Gasteiger charge is 2.22. The minimum absolute atomic E-state index is 0.0531. The summed E-state index contributed by atoms with van der Waals surface area (Å²) in [6.45, 7) is 0.651. The molecule has 3 rings (SSSR count). The standard InChI is InChI=1S/C19H18N2O2S/c1-23-18-9-5-4-7-15(18)17(12-21-11-10-20-13-21)14-6-2-3-8-16(14)19(22)24/h2-11,13,17H,12H2,1H3,(H,22,24). The van der Waals surface area contributed by atoms with Gasteiger partial charge < -0.3 is 9.30 Å². The van der Waals surface area contributed by atoms with Crippen molar-refractivity contribution in [1.29, 1.82) is 0 Å². The van der Waals surface area contributed by atoms with Crippen LogP contribution in [-0.4, -0.2) is 21.8 Å². The van der Waals surface area contributed by atoms with Crippen molar-refractivity contribution >= 4 is 17.7 Å². The van der Waals surface area contributed by atoms with Crippen LogP contribution in [0.3, 0.4) is 0 Å². The number of hydrogen-bond acceptors (Lipinski definition) is 3. The zero-order valence-electron chi connectivity index (χ0n) is 13.3. The summed E-state index contributed by atoms with van der Waals surface area (Å²) in [5.41, 5.74) is 2.56. The van der Waals surface area contributed by atoms with Gasteiger partial charge in [0.05, 0.1) is 13.4 Å². The van der Waals surface area contributed by atoms with E-state index < -0.39 is 0 Å². The molecule has 0 saturated heterocycles. The summed E-state index contributed by atoms with van der Waals surface area (Å²) in [5, 5.41) is -0.240. The fourth-order valence-corrected chi connectivity index (χ4v) is 3.12. The lowest BCUT2D eigenvalue weighted by Gasteiger charge is -2.22. The quantitative estimate of drug-likeness (QED) is 0.696. The van der Waals surface area contributed by atoms with E-state index in [0.717, 1.165) is 16.9 Å². The molecule has 1 aromatic heterocycles. The number of thiol groups is 1. The molecule has 4 nitrogen and oxygen atoms in total. The number of methoxy groups -OCH3 is 1. The van der Waals surface area contributed by atoms with Crippen molar-refractivity contribution in [3.63, 3.8) is 0 Å². The van der Waals surface area contributed by atoms with Crippen LogP contribution in [0.2, 0.25) is 0 Å². The molecule has 5 heteroatoms. The number of nitrogens with zero attached hydrogens (tertiary/aromatic N) is 2. The third-order valence-electron chi connectivity index (χ3n) is 4.03. The Balaban J connectivity index is 2.14. The van der Waals surface area contributed by atoms with Crippen molar-refractivity contribution < 1.29 is 9.53 Å². The summed E-state index contributed by atoms with van der Waals surface area (Å²) < 4.78 is 7.54. The normalized spacial score (nSPS) is 11.9. The van der Waals surface area contributed by atoms with Gasteiger partial charge in [-0.25, -0.2) is 4.98 Å². The van der Waals surface area contributed by atoms with Crippen LogP contribution >= 0.6 is 12.6 Å². The van der Waals surface area contributed by atoms with Crippen LogP contribution in [0.5, 0.6) is 5.75 Å². The summed E-state index contributed by atoms with van der Waals surface area (Å²) in [5.74, 6) is 0.742. The highest BCUT2D eigenvalue weighted by Crippen LogP contribution is 2.35. The molecule has 0 aliphatic rings. The van der Waals surface area contributed by atoms with Crippen LogP contribution in [0.15, 0.2) is 67.3 Å². The maximum atomic E-state index is 12.0. The summed E-state index contributed by atoms with van der Waals surface area (Å²) in [6, 6.07) is 15.4.